The van der Waals surface area contributed by atoms with Crippen molar-refractivity contribution in [1.82, 2.24) is 0 Å². The van der Waals surface area contributed by atoms with Gasteiger partial charge in [0.2, 0.25) is 0 Å². The maximum Gasteiger partial charge on any atom is 0.159 e. The lowest BCUT2D eigenvalue weighted by Gasteiger charge is -2.57. The second-order valence-electron chi connectivity index (χ2n) is 12.0. The second-order valence-corrected chi connectivity index (χ2v) is 12.0. The number of allylic oxidation sites excluding steroid dienone is 3. The molecule has 0 heterocycles. The van der Waals surface area contributed by atoms with Crippen LogP contribution in [0.25, 0.3) is 0 Å². The van der Waals surface area contributed by atoms with Gasteiger partial charge in [0.1, 0.15) is 0 Å². The summed E-state index contributed by atoms with van der Waals surface area (Å²) in [5, 5.41) is 0. The van der Waals surface area contributed by atoms with Crippen LogP contribution in [0.3, 0.4) is 0 Å². The summed E-state index contributed by atoms with van der Waals surface area (Å²) in [5.41, 5.74) is 1.16. The molecule has 0 N–H and O–H groups in total. The summed E-state index contributed by atoms with van der Waals surface area (Å²) in [4.78, 5) is 25.2. The molecule has 0 aromatic carbocycles. The summed E-state index contributed by atoms with van der Waals surface area (Å²) in [6, 6.07) is 0. The van der Waals surface area contributed by atoms with Gasteiger partial charge in [-0.2, -0.15) is 0 Å². The summed E-state index contributed by atoms with van der Waals surface area (Å²) in [5.74, 6) is 4.85. The predicted octanol–water partition coefficient (Wildman–Crippen LogP) is 6.80. The lowest BCUT2D eigenvalue weighted by molar-refractivity contribution is -0.131. The van der Waals surface area contributed by atoms with Gasteiger partial charge in [-0.05, 0) is 90.4 Å². The quantitative estimate of drug-likeness (QED) is 0.478. The summed E-state index contributed by atoms with van der Waals surface area (Å²) in [6.45, 7) is 14.2. The van der Waals surface area contributed by atoms with Crippen LogP contribution in [-0.4, -0.2) is 11.6 Å². The molecule has 0 amide bonds. The molecule has 4 aliphatic rings. The Morgan fingerprint density at radius 1 is 0.967 bits per heavy atom. The largest absolute Gasteiger partial charge is 0.295 e. The van der Waals surface area contributed by atoms with E-state index in [4.69, 9.17) is 0 Å². The van der Waals surface area contributed by atoms with E-state index in [1.807, 2.05) is 0 Å². The lowest BCUT2D eigenvalue weighted by Crippen LogP contribution is -2.53. The summed E-state index contributed by atoms with van der Waals surface area (Å²) >= 11 is 0. The molecule has 3 saturated carbocycles. The minimum absolute atomic E-state index is 0.0639. The number of carbonyl (C=O) groups excluding carboxylic acids is 2. The van der Waals surface area contributed by atoms with E-state index in [1.54, 1.807) is 6.08 Å². The summed E-state index contributed by atoms with van der Waals surface area (Å²) < 4.78 is 0. The van der Waals surface area contributed by atoms with Crippen molar-refractivity contribution in [1.29, 1.82) is 0 Å². The Labute approximate surface area is 184 Å². The van der Waals surface area contributed by atoms with E-state index in [-0.39, 0.29) is 17.0 Å². The average Bonchev–Trinajstić information content (AvgIpc) is 3.04. The normalized spacial score (nSPS) is 43.2. The van der Waals surface area contributed by atoms with E-state index in [1.165, 1.54) is 25.7 Å². The number of fused-ring (bicyclic) bond motifs is 5. The first kappa shape index (κ1) is 22.0. The minimum atomic E-state index is -0.0639. The van der Waals surface area contributed by atoms with Gasteiger partial charge < -0.3 is 0 Å². The molecule has 30 heavy (non-hydrogen) atoms. The lowest BCUT2D eigenvalue weighted by atomic mass is 9.46. The first-order valence-corrected chi connectivity index (χ1v) is 12.5. The SMILES string of the molecule is CC(C)C(C)C=CC(C)C1CCC2C3CC(=O)C4=CC(=O)CCC4(C)C3CCC12C. The molecule has 2 heteroatoms. The first-order chi connectivity index (χ1) is 14.1. The van der Waals surface area contributed by atoms with Crippen molar-refractivity contribution in [2.75, 3.05) is 0 Å². The van der Waals surface area contributed by atoms with Crippen LogP contribution in [0, 0.1) is 52.3 Å². The van der Waals surface area contributed by atoms with Gasteiger partial charge in [0.25, 0.3) is 0 Å². The van der Waals surface area contributed by atoms with Crippen molar-refractivity contribution in [3.8, 4) is 0 Å². The zero-order valence-electron chi connectivity index (χ0n) is 20.0. The van der Waals surface area contributed by atoms with Crippen LogP contribution >= 0.6 is 0 Å². The smallest absolute Gasteiger partial charge is 0.159 e. The van der Waals surface area contributed by atoms with Gasteiger partial charge >= 0.3 is 0 Å². The standard InChI is InChI=1S/C28H42O2/c1-17(2)18(3)7-8-19(4)22-9-10-23-21-16-26(30)25-15-20(29)11-13-28(25,6)24(21)12-14-27(22,23)5/h7-8,15,17-19,21-24H,9-14,16H2,1-6H3. The summed E-state index contributed by atoms with van der Waals surface area (Å²) in [7, 11) is 0. The van der Waals surface area contributed by atoms with Gasteiger partial charge in [0.05, 0.1) is 0 Å². The maximum absolute atomic E-state index is 13.2. The highest BCUT2D eigenvalue weighted by Gasteiger charge is 2.60. The van der Waals surface area contributed by atoms with Crippen LogP contribution in [-0.2, 0) is 9.59 Å². The molecule has 2 nitrogen and oxygen atoms in total. The van der Waals surface area contributed by atoms with Crippen LogP contribution in [0.15, 0.2) is 23.8 Å². The molecular formula is C28H42O2. The Balaban J connectivity index is 1.57. The Hall–Kier alpha value is -1.18. The topological polar surface area (TPSA) is 34.1 Å². The highest BCUT2D eigenvalue weighted by Crippen LogP contribution is 2.67. The van der Waals surface area contributed by atoms with Crippen LogP contribution in [0.2, 0.25) is 0 Å². The zero-order valence-corrected chi connectivity index (χ0v) is 20.0. The highest BCUT2D eigenvalue weighted by atomic mass is 16.1. The van der Waals surface area contributed by atoms with Gasteiger partial charge in [-0.15, -0.1) is 0 Å². The Bertz CT molecular complexity index is 774. The molecule has 0 bridgehead atoms. The Morgan fingerprint density at radius 2 is 1.70 bits per heavy atom. The third-order valence-corrected chi connectivity index (χ3v) is 10.3. The van der Waals surface area contributed by atoms with Gasteiger partial charge in [-0.3, -0.25) is 9.59 Å². The third kappa shape index (κ3) is 3.37. The Kier molecular flexibility index (Phi) is 5.69. The van der Waals surface area contributed by atoms with E-state index in [2.05, 4.69) is 53.7 Å². The monoisotopic (exact) mass is 410 g/mol. The van der Waals surface area contributed by atoms with Crippen LogP contribution < -0.4 is 0 Å². The number of ketones is 2. The van der Waals surface area contributed by atoms with Crippen LogP contribution in [0.4, 0.5) is 0 Å². The molecule has 8 atom stereocenters. The summed E-state index contributed by atoms with van der Waals surface area (Å²) in [6.07, 6.45) is 13.9. The number of Topliss-reactive ketones (excluding diaryl/α,β-unsaturated/α-hetero) is 1. The molecular weight excluding hydrogens is 368 g/mol. The van der Waals surface area contributed by atoms with Crippen LogP contribution in [0.1, 0.15) is 86.5 Å². The fourth-order valence-corrected chi connectivity index (χ4v) is 8.00. The van der Waals surface area contributed by atoms with Gasteiger partial charge in [0, 0.05) is 18.4 Å². The van der Waals surface area contributed by atoms with Crippen molar-refractivity contribution >= 4 is 11.6 Å². The molecule has 4 aliphatic carbocycles. The number of hydrogen-bond acceptors (Lipinski definition) is 2. The number of rotatable bonds is 4. The first-order valence-electron chi connectivity index (χ1n) is 12.5. The molecule has 4 rings (SSSR count). The molecule has 0 spiro atoms. The fraction of sp³-hybridized carbons (Fsp3) is 0.786. The van der Waals surface area contributed by atoms with E-state index in [9.17, 15) is 9.59 Å². The van der Waals surface area contributed by atoms with Crippen LogP contribution in [0.5, 0.6) is 0 Å². The molecule has 166 valence electrons. The van der Waals surface area contributed by atoms with E-state index in [0.717, 1.165) is 17.9 Å². The van der Waals surface area contributed by atoms with Crippen molar-refractivity contribution < 1.29 is 9.59 Å². The third-order valence-electron chi connectivity index (χ3n) is 10.3. The molecule has 0 saturated heterocycles. The predicted molar refractivity (Wildman–Crippen MR) is 123 cm³/mol. The van der Waals surface area contributed by atoms with Crippen molar-refractivity contribution in [2.45, 2.75) is 86.5 Å². The highest BCUT2D eigenvalue weighted by molar-refractivity contribution is 6.05. The number of carbonyl (C=O) groups is 2. The van der Waals surface area contributed by atoms with Gasteiger partial charge in [-0.25, -0.2) is 0 Å². The van der Waals surface area contributed by atoms with Crippen molar-refractivity contribution in [2.24, 2.45) is 52.3 Å². The van der Waals surface area contributed by atoms with Crippen molar-refractivity contribution in [3.05, 3.63) is 23.8 Å². The number of hydrogen-bond donors (Lipinski definition) is 0. The van der Waals surface area contributed by atoms with E-state index in [0.29, 0.717) is 53.8 Å². The average molecular weight is 411 g/mol. The molecule has 8 unspecified atom stereocenters. The van der Waals surface area contributed by atoms with Gasteiger partial charge in [-0.1, -0.05) is 53.7 Å². The van der Waals surface area contributed by atoms with E-state index >= 15 is 0 Å². The molecule has 0 aliphatic heterocycles. The minimum Gasteiger partial charge on any atom is -0.295 e. The van der Waals surface area contributed by atoms with Gasteiger partial charge in [0.15, 0.2) is 11.6 Å². The molecule has 0 radical (unpaired) electrons. The zero-order chi connectivity index (χ0) is 21.8. The van der Waals surface area contributed by atoms with Crippen molar-refractivity contribution in [3.63, 3.8) is 0 Å². The fourth-order valence-electron chi connectivity index (χ4n) is 8.00. The van der Waals surface area contributed by atoms with E-state index < -0.39 is 0 Å². The molecule has 3 fully saturated rings. The Morgan fingerprint density at radius 3 is 2.40 bits per heavy atom. The second kappa shape index (κ2) is 7.75. The maximum atomic E-state index is 13.2. The molecule has 0 aromatic heterocycles. The molecule has 0 aromatic rings.